The quantitative estimate of drug-likeness (QED) is 0.624. The number of nitrogens with two attached hydrogens (primary N) is 1. The molecule has 0 aromatic carbocycles. The summed E-state index contributed by atoms with van der Waals surface area (Å²) in [6, 6.07) is -0.248. The fourth-order valence-corrected chi connectivity index (χ4v) is 2.33. The van der Waals surface area contributed by atoms with Crippen molar-refractivity contribution in [2.45, 2.75) is 45.2 Å². The van der Waals surface area contributed by atoms with Crippen LogP contribution < -0.4 is 16.4 Å². The summed E-state index contributed by atoms with van der Waals surface area (Å²) in [5, 5.41) is 5.65. The molecule has 2 amide bonds. The Balaban J connectivity index is 2.32. The summed E-state index contributed by atoms with van der Waals surface area (Å²) < 4.78 is 0. The topological polar surface area (TPSA) is 87.5 Å². The fraction of sp³-hybridized carbons (Fsp3) is 0.857. The number of carbonyl (C=O) groups excluding carboxylic acids is 2. The first kappa shape index (κ1) is 16.9. The molecule has 116 valence electrons. The lowest BCUT2D eigenvalue weighted by Crippen LogP contribution is -2.52. The second-order valence-electron chi connectivity index (χ2n) is 5.64. The standard InChI is InChI=1S/C14H28N4O2/c1-4-10(2)13(15)14(20)17-11-5-7-18(8-6-11)9-12(19)16-3/h10-11,13H,4-9,15H2,1-3H3,(H,16,19)(H,17,20)/t10-,13-/m0/s1. The summed E-state index contributed by atoms with van der Waals surface area (Å²) >= 11 is 0. The summed E-state index contributed by atoms with van der Waals surface area (Å²) in [5.74, 6) is 0.179. The molecule has 0 aliphatic carbocycles. The number of piperidine rings is 1. The summed E-state index contributed by atoms with van der Waals surface area (Å²) in [4.78, 5) is 25.4. The van der Waals surface area contributed by atoms with Crippen molar-refractivity contribution < 1.29 is 9.59 Å². The number of likely N-dealkylation sites (tertiary alicyclic amines) is 1. The van der Waals surface area contributed by atoms with Crippen LogP contribution in [0.2, 0.25) is 0 Å². The van der Waals surface area contributed by atoms with Gasteiger partial charge in [-0.2, -0.15) is 0 Å². The first-order valence-corrected chi connectivity index (χ1v) is 7.46. The van der Waals surface area contributed by atoms with Gasteiger partial charge in [0.05, 0.1) is 12.6 Å². The third kappa shape index (κ3) is 5.09. The van der Waals surface area contributed by atoms with Gasteiger partial charge in [-0.15, -0.1) is 0 Å². The zero-order valence-corrected chi connectivity index (χ0v) is 12.8. The third-order valence-electron chi connectivity index (χ3n) is 4.14. The number of hydrogen-bond acceptors (Lipinski definition) is 4. The van der Waals surface area contributed by atoms with Gasteiger partial charge in [-0.1, -0.05) is 20.3 Å². The Bertz CT molecular complexity index is 327. The van der Waals surface area contributed by atoms with E-state index >= 15 is 0 Å². The van der Waals surface area contributed by atoms with Gasteiger partial charge in [-0.25, -0.2) is 0 Å². The number of likely N-dealkylation sites (N-methyl/N-ethyl adjacent to an activating group) is 1. The highest BCUT2D eigenvalue weighted by Gasteiger charge is 2.25. The molecule has 4 N–H and O–H groups in total. The third-order valence-corrected chi connectivity index (χ3v) is 4.14. The van der Waals surface area contributed by atoms with Crippen LogP contribution in [0.4, 0.5) is 0 Å². The van der Waals surface area contributed by atoms with Crippen LogP contribution in [0.15, 0.2) is 0 Å². The number of nitrogens with one attached hydrogen (secondary N) is 2. The van der Waals surface area contributed by atoms with Crippen LogP contribution in [0.1, 0.15) is 33.1 Å². The summed E-state index contributed by atoms with van der Waals surface area (Å²) in [5.41, 5.74) is 5.92. The molecule has 0 bridgehead atoms. The highest BCUT2D eigenvalue weighted by Crippen LogP contribution is 2.11. The van der Waals surface area contributed by atoms with Gasteiger partial charge in [0.1, 0.15) is 0 Å². The van der Waals surface area contributed by atoms with E-state index in [4.69, 9.17) is 5.73 Å². The van der Waals surface area contributed by atoms with E-state index in [0.29, 0.717) is 6.54 Å². The van der Waals surface area contributed by atoms with E-state index in [1.807, 2.05) is 13.8 Å². The molecule has 0 radical (unpaired) electrons. The molecule has 0 spiro atoms. The van der Waals surface area contributed by atoms with Gasteiger partial charge >= 0.3 is 0 Å². The van der Waals surface area contributed by atoms with Crippen molar-refractivity contribution in [1.82, 2.24) is 15.5 Å². The second-order valence-corrected chi connectivity index (χ2v) is 5.64. The molecule has 1 fully saturated rings. The molecule has 1 saturated heterocycles. The molecule has 1 rings (SSSR count). The average molecular weight is 284 g/mol. The second kappa shape index (κ2) is 8.21. The zero-order valence-electron chi connectivity index (χ0n) is 12.8. The van der Waals surface area contributed by atoms with Crippen LogP contribution in [-0.2, 0) is 9.59 Å². The Kier molecular flexibility index (Phi) is 6.95. The van der Waals surface area contributed by atoms with Gasteiger partial charge in [0.25, 0.3) is 0 Å². The van der Waals surface area contributed by atoms with Crippen molar-refractivity contribution in [3.63, 3.8) is 0 Å². The largest absolute Gasteiger partial charge is 0.358 e. The Morgan fingerprint density at radius 2 is 1.95 bits per heavy atom. The Morgan fingerprint density at radius 3 is 2.45 bits per heavy atom. The molecule has 20 heavy (non-hydrogen) atoms. The first-order chi connectivity index (χ1) is 9.47. The Morgan fingerprint density at radius 1 is 1.35 bits per heavy atom. The SMILES string of the molecule is CC[C@H](C)[C@H](N)C(=O)NC1CCN(CC(=O)NC)CC1. The van der Waals surface area contributed by atoms with E-state index in [2.05, 4.69) is 15.5 Å². The normalized spacial score (nSPS) is 20.2. The molecule has 0 unspecified atom stereocenters. The Hall–Kier alpha value is -1.14. The van der Waals surface area contributed by atoms with E-state index in [0.717, 1.165) is 32.4 Å². The lowest BCUT2D eigenvalue weighted by Gasteiger charge is -2.32. The highest BCUT2D eigenvalue weighted by molar-refractivity contribution is 5.82. The molecule has 1 heterocycles. The van der Waals surface area contributed by atoms with E-state index in [9.17, 15) is 9.59 Å². The molecule has 6 heteroatoms. The van der Waals surface area contributed by atoms with E-state index < -0.39 is 6.04 Å². The number of hydrogen-bond donors (Lipinski definition) is 3. The number of amides is 2. The maximum absolute atomic E-state index is 12.0. The minimum atomic E-state index is -0.427. The van der Waals surface area contributed by atoms with Crippen molar-refractivity contribution in [2.24, 2.45) is 11.7 Å². The minimum Gasteiger partial charge on any atom is -0.358 e. The van der Waals surface area contributed by atoms with Crippen LogP contribution in [0.3, 0.4) is 0 Å². The van der Waals surface area contributed by atoms with Crippen molar-refractivity contribution in [3.05, 3.63) is 0 Å². The van der Waals surface area contributed by atoms with Gasteiger partial charge in [0, 0.05) is 26.2 Å². The highest BCUT2D eigenvalue weighted by atomic mass is 16.2. The lowest BCUT2D eigenvalue weighted by atomic mass is 9.98. The van der Waals surface area contributed by atoms with Crippen molar-refractivity contribution in [1.29, 1.82) is 0 Å². The van der Waals surface area contributed by atoms with E-state index in [1.54, 1.807) is 7.05 Å². The summed E-state index contributed by atoms with van der Waals surface area (Å²) in [7, 11) is 1.64. The summed E-state index contributed by atoms with van der Waals surface area (Å²) in [6.07, 6.45) is 2.64. The molecular weight excluding hydrogens is 256 g/mol. The van der Waals surface area contributed by atoms with Crippen molar-refractivity contribution in [3.8, 4) is 0 Å². The van der Waals surface area contributed by atoms with Crippen LogP contribution in [0, 0.1) is 5.92 Å². The zero-order chi connectivity index (χ0) is 15.1. The van der Waals surface area contributed by atoms with Crippen LogP contribution in [0.25, 0.3) is 0 Å². The van der Waals surface area contributed by atoms with Gasteiger partial charge < -0.3 is 16.4 Å². The summed E-state index contributed by atoms with van der Waals surface area (Å²) in [6.45, 7) is 6.13. The van der Waals surface area contributed by atoms with Crippen LogP contribution in [-0.4, -0.2) is 55.5 Å². The molecular formula is C14H28N4O2. The molecule has 0 aromatic rings. The molecule has 6 nitrogen and oxygen atoms in total. The minimum absolute atomic E-state index is 0.0336. The van der Waals surface area contributed by atoms with Crippen molar-refractivity contribution in [2.75, 3.05) is 26.7 Å². The monoisotopic (exact) mass is 284 g/mol. The predicted octanol–water partition coefficient (Wildman–Crippen LogP) is -0.314. The van der Waals surface area contributed by atoms with E-state index in [-0.39, 0.29) is 23.8 Å². The lowest BCUT2D eigenvalue weighted by molar-refractivity contribution is -0.125. The number of nitrogens with zero attached hydrogens (tertiary/aromatic N) is 1. The van der Waals surface area contributed by atoms with Gasteiger partial charge in [-0.3, -0.25) is 14.5 Å². The first-order valence-electron chi connectivity index (χ1n) is 7.46. The van der Waals surface area contributed by atoms with Gasteiger partial charge in [0.2, 0.25) is 11.8 Å². The molecule has 0 aromatic heterocycles. The fourth-order valence-electron chi connectivity index (χ4n) is 2.33. The van der Waals surface area contributed by atoms with E-state index in [1.165, 1.54) is 0 Å². The molecule has 0 saturated carbocycles. The molecule has 1 aliphatic rings. The number of carbonyl (C=O) groups is 2. The van der Waals surface area contributed by atoms with Crippen LogP contribution >= 0.6 is 0 Å². The average Bonchev–Trinajstić information content (AvgIpc) is 2.47. The maximum Gasteiger partial charge on any atom is 0.237 e. The van der Waals surface area contributed by atoms with Gasteiger partial charge in [0.15, 0.2) is 0 Å². The maximum atomic E-state index is 12.0. The molecule has 1 aliphatic heterocycles. The van der Waals surface area contributed by atoms with Gasteiger partial charge in [-0.05, 0) is 18.8 Å². The smallest absolute Gasteiger partial charge is 0.237 e. The van der Waals surface area contributed by atoms with Crippen molar-refractivity contribution >= 4 is 11.8 Å². The Labute approximate surface area is 121 Å². The van der Waals surface area contributed by atoms with Crippen LogP contribution in [0.5, 0.6) is 0 Å². The predicted molar refractivity (Wildman–Crippen MR) is 79.1 cm³/mol. The molecule has 2 atom stereocenters. The number of rotatable bonds is 6.